The molecule has 0 radical (unpaired) electrons. The van der Waals surface area contributed by atoms with Crippen LogP contribution in [0.3, 0.4) is 0 Å². The van der Waals surface area contributed by atoms with Crippen molar-refractivity contribution in [2.24, 2.45) is 5.73 Å². The Balaban J connectivity index is 3.61. The van der Waals surface area contributed by atoms with Crippen molar-refractivity contribution in [3.05, 3.63) is 0 Å². The van der Waals surface area contributed by atoms with Gasteiger partial charge in [-0.1, -0.05) is 12.2 Å². The van der Waals surface area contributed by atoms with Crippen LogP contribution in [0.25, 0.3) is 0 Å². The molecule has 0 fully saturated rings. The van der Waals surface area contributed by atoms with Gasteiger partial charge < -0.3 is 15.7 Å². The predicted octanol–water partition coefficient (Wildman–Crippen LogP) is 1.54. The highest BCUT2D eigenvalue weighted by molar-refractivity contribution is 7.80. The van der Waals surface area contributed by atoms with Gasteiger partial charge in [-0.15, -0.1) is 0 Å². The Kier molecular flexibility index (Phi) is 8.95. The standard InChI is InChI=1S/C11H24N2OS/c1-10(2)13(8-5-9-14)7-4-3-6-11(12)15/h10,14H,3-9H2,1-2H3,(H2,12,15). The maximum absolute atomic E-state index is 8.78. The average Bonchev–Trinajstić information content (AvgIpc) is 2.15. The summed E-state index contributed by atoms with van der Waals surface area (Å²) in [6.45, 7) is 6.69. The molecule has 0 bridgehead atoms. The number of thiocarbonyl (C=S) groups is 1. The van der Waals surface area contributed by atoms with Gasteiger partial charge in [-0.05, 0) is 46.1 Å². The second-order valence-electron chi connectivity index (χ2n) is 4.13. The first kappa shape index (κ1) is 14.8. The van der Waals surface area contributed by atoms with Crippen molar-refractivity contribution in [2.45, 2.75) is 45.6 Å². The predicted molar refractivity (Wildman–Crippen MR) is 69.0 cm³/mol. The largest absolute Gasteiger partial charge is 0.396 e. The molecule has 0 aromatic heterocycles. The van der Waals surface area contributed by atoms with Crippen molar-refractivity contribution >= 4 is 17.2 Å². The SMILES string of the molecule is CC(C)N(CCCO)CCCCC(N)=S. The van der Waals surface area contributed by atoms with Crippen LogP contribution < -0.4 is 5.73 Å². The maximum Gasteiger partial charge on any atom is 0.0727 e. The van der Waals surface area contributed by atoms with E-state index in [9.17, 15) is 0 Å². The first-order valence-electron chi connectivity index (χ1n) is 5.71. The molecule has 0 aliphatic carbocycles. The van der Waals surface area contributed by atoms with Crippen molar-refractivity contribution in [3.8, 4) is 0 Å². The molecule has 0 rings (SSSR count). The first-order chi connectivity index (χ1) is 7.07. The molecule has 0 heterocycles. The van der Waals surface area contributed by atoms with Crippen molar-refractivity contribution in [1.29, 1.82) is 0 Å². The lowest BCUT2D eigenvalue weighted by molar-refractivity contribution is 0.189. The van der Waals surface area contributed by atoms with Crippen LogP contribution in [-0.4, -0.2) is 40.7 Å². The van der Waals surface area contributed by atoms with Crippen molar-refractivity contribution in [2.75, 3.05) is 19.7 Å². The molecule has 3 N–H and O–H groups in total. The Morgan fingerprint density at radius 1 is 1.27 bits per heavy atom. The second-order valence-corrected chi connectivity index (χ2v) is 4.65. The molecule has 0 saturated heterocycles. The molecule has 0 spiro atoms. The highest BCUT2D eigenvalue weighted by Crippen LogP contribution is 2.04. The number of aliphatic hydroxyl groups excluding tert-OH is 1. The van der Waals surface area contributed by atoms with Crippen LogP contribution >= 0.6 is 12.2 Å². The summed E-state index contributed by atoms with van der Waals surface area (Å²) in [5.41, 5.74) is 5.43. The van der Waals surface area contributed by atoms with E-state index >= 15 is 0 Å². The zero-order chi connectivity index (χ0) is 11.7. The van der Waals surface area contributed by atoms with Gasteiger partial charge in [0, 0.05) is 19.2 Å². The zero-order valence-electron chi connectivity index (χ0n) is 9.91. The smallest absolute Gasteiger partial charge is 0.0727 e. The maximum atomic E-state index is 8.78. The molecule has 0 aliphatic rings. The van der Waals surface area contributed by atoms with E-state index in [4.69, 9.17) is 23.1 Å². The van der Waals surface area contributed by atoms with Crippen LogP contribution in [0.1, 0.15) is 39.5 Å². The van der Waals surface area contributed by atoms with Crippen molar-refractivity contribution in [3.63, 3.8) is 0 Å². The number of hydrogen-bond acceptors (Lipinski definition) is 3. The third-order valence-electron chi connectivity index (χ3n) is 2.45. The molecule has 0 aliphatic heterocycles. The summed E-state index contributed by atoms with van der Waals surface area (Å²) in [5, 5.41) is 8.78. The molecule has 4 heteroatoms. The van der Waals surface area contributed by atoms with E-state index in [1.807, 2.05) is 0 Å². The molecule has 0 unspecified atom stereocenters. The van der Waals surface area contributed by atoms with Crippen LogP contribution in [0.5, 0.6) is 0 Å². The minimum absolute atomic E-state index is 0.274. The van der Waals surface area contributed by atoms with E-state index in [-0.39, 0.29) is 6.61 Å². The quantitative estimate of drug-likeness (QED) is 0.468. The summed E-state index contributed by atoms with van der Waals surface area (Å²) >= 11 is 4.83. The third-order valence-corrected chi connectivity index (χ3v) is 2.66. The van der Waals surface area contributed by atoms with E-state index in [1.54, 1.807) is 0 Å². The molecule has 0 atom stereocenters. The van der Waals surface area contributed by atoms with Crippen molar-refractivity contribution < 1.29 is 5.11 Å². The lowest BCUT2D eigenvalue weighted by Crippen LogP contribution is -2.33. The molecule has 0 aromatic rings. The van der Waals surface area contributed by atoms with Gasteiger partial charge in [0.05, 0.1) is 4.99 Å². The molecule has 0 saturated carbocycles. The molecule has 3 nitrogen and oxygen atoms in total. The Morgan fingerprint density at radius 2 is 1.87 bits per heavy atom. The normalized spacial score (nSPS) is 11.3. The fourth-order valence-corrected chi connectivity index (χ4v) is 1.66. The topological polar surface area (TPSA) is 49.5 Å². The number of aliphatic hydroxyl groups is 1. The minimum Gasteiger partial charge on any atom is -0.396 e. The monoisotopic (exact) mass is 232 g/mol. The van der Waals surface area contributed by atoms with Crippen LogP contribution in [0.4, 0.5) is 0 Å². The van der Waals surface area contributed by atoms with Gasteiger partial charge in [0.2, 0.25) is 0 Å². The van der Waals surface area contributed by atoms with Gasteiger partial charge >= 0.3 is 0 Å². The van der Waals surface area contributed by atoms with Gasteiger partial charge in [0.1, 0.15) is 0 Å². The lowest BCUT2D eigenvalue weighted by atomic mass is 10.2. The van der Waals surface area contributed by atoms with Gasteiger partial charge in [0.25, 0.3) is 0 Å². The summed E-state index contributed by atoms with van der Waals surface area (Å²) in [6, 6.07) is 0.543. The minimum atomic E-state index is 0.274. The summed E-state index contributed by atoms with van der Waals surface area (Å²) in [4.78, 5) is 3.00. The van der Waals surface area contributed by atoms with E-state index in [2.05, 4.69) is 18.7 Å². The third kappa shape index (κ3) is 8.78. The highest BCUT2D eigenvalue weighted by atomic mass is 32.1. The Bertz CT molecular complexity index is 174. The first-order valence-corrected chi connectivity index (χ1v) is 6.12. The van der Waals surface area contributed by atoms with E-state index in [0.29, 0.717) is 11.0 Å². The Labute approximate surface area is 98.6 Å². The molecule has 0 amide bonds. The number of rotatable bonds is 9. The highest BCUT2D eigenvalue weighted by Gasteiger charge is 2.07. The number of unbranched alkanes of at least 4 members (excludes halogenated alkanes) is 1. The second kappa shape index (κ2) is 9.07. The number of nitrogens with two attached hydrogens (primary N) is 1. The summed E-state index contributed by atoms with van der Waals surface area (Å²) in [5.74, 6) is 0. The Morgan fingerprint density at radius 3 is 2.33 bits per heavy atom. The molecule has 0 aromatic carbocycles. The van der Waals surface area contributed by atoms with Gasteiger partial charge in [-0.3, -0.25) is 0 Å². The van der Waals surface area contributed by atoms with Crippen LogP contribution in [0.15, 0.2) is 0 Å². The summed E-state index contributed by atoms with van der Waals surface area (Å²) < 4.78 is 0. The number of nitrogens with zero attached hydrogens (tertiary/aromatic N) is 1. The van der Waals surface area contributed by atoms with Crippen molar-refractivity contribution in [1.82, 2.24) is 4.90 Å². The van der Waals surface area contributed by atoms with E-state index < -0.39 is 0 Å². The fraction of sp³-hybridized carbons (Fsp3) is 0.909. The fourth-order valence-electron chi connectivity index (χ4n) is 1.52. The summed E-state index contributed by atoms with van der Waals surface area (Å²) in [7, 11) is 0. The van der Waals surface area contributed by atoms with E-state index in [0.717, 1.165) is 38.8 Å². The van der Waals surface area contributed by atoms with Crippen LogP contribution in [-0.2, 0) is 0 Å². The summed E-state index contributed by atoms with van der Waals surface area (Å²) in [6.07, 6.45) is 3.90. The molecular formula is C11H24N2OS. The average molecular weight is 232 g/mol. The number of hydrogen-bond donors (Lipinski definition) is 2. The molecular weight excluding hydrogens is 208 g/mol. The van der Waals surface area contributed by atoms with Gasteiger partial charge in [0.15, 0.2) is 0 Å². The van der Waals surface area contributed by atoms with Crippen LogP contribution in [0.2, 0.25) is 0 Å². The van der Waals surface area contributed by atoms with E-state index in [1.165, 1.54) is 0 Å². The molecule has 90 valence electrons. The van der Waals surface area contributed by atoms with Gasteiger partial charge in [-0.25, -0.2) is 0 Å². The molecule has 15 heavy (non-hydrogen) atoms. The lowest BCUT2D eigenvalue weighted by Gasteiger charge is -2.26. The van der Waals surface area contributed by atoms with Gasteiger partial charge in [-0.2, -0.15) is 0 Å². The Hall–Kier alpha value is -0.190. The van der Waals surface area contributed by atoms with Crippen LogP contribution in [0, 0.1) is 0 Å². The zero-order valence-corrected chi connectivity index (χ0v) is 10.7.